The van der Waals surface area contributed by atoms with Crippen molar-refractivity contribution in [1.29, 1.82) is 0 Å². The molecule has 0 radical (unpaired) electrons. The molecule has 134 valence electrons. The van der Waals surface area contributed by atoms with Gasteiger partial charge >= 0.3 is 0 Å². The van der Waals surface area contributed by atoms with Gasteiger partial charge in [-0.05, 0) is 25.5 Å². The first-order valence-electron chi connectivity index (χ1n) is 8.99. The number of amides is 1. The van der Waals surface area contributed by atoms with Crippen LogP contribution >= 0.6 is 0 Å². The predicted molar refractivity (Wildman–Crippen MR) is 98.2 cm³/mol. The Balaban J connectivity index is 1.62. The summed E-state index contributed by atoms with van der Waals surface area (Å²) >= 11 is 0. The second kappa shape index (κ2) is 8.83. The molecule has 1 fully saturated rings. The van der Waals surface area contributed by atoms with Gasteiger partial charge < -0.3 is 9.80 Å². The average Bonchev–Trinajstić information content (AvgIpc) is 3.01. The molecule has 0 aromatic heterocycles. The molecular weight excluding hydrogens is 314 g/mol. The van der Waals surface area contributed by atoms with Crippen LogP contribution in [0, 0.1) is 0 Å². The number of hydroxylamine groups is 1. The standard InChI is InChI=1S/C20H27N3O2/c1-22-11-5-9-18(14-22)13-19(15-23-12-6-10-20(23)24)21-25-16-17-7-3-2-4-8-17/h2-4,7-9,15,21H,5-6,10-14,16H2,1H3. The van der Waals surface area contributed by atoms with E-state index in [-0.39, 0.29) is 5.91 Å². The molecule has 0 unspecified atom stereocenters. The van der Waals surface area contributed by atoms with E-state index in [9.17, 15) is 4.79 Å². The molecule has 1 aromatic carbocycles. The molecule has 1 aromatic rings. The number of likely N-dealkylation sites (N-methyl/N-ethyl adjacent to an activating group) is 1. The Bertz CT molecular complexity index is 640. The first kappa shape index (κ1) is 17.7. The van der Waals surface area contributed by atoms with Gasteiger partial charge in [-0.1, -0.05) is 42.0 Å². The number of rotatable bonds is 7. The van der Waals surface area contributed by atoms with E-state index in [0.29, 0.717) is 13.0 Å². The summed E-state index contributed by atoms with van der Waals surface area (Å²) in [7, 11) is 2.14. The second-order valence-electron chi connectivity index (χ2n) is 6.79. The maximum atomic E-state index is 11.9. The van der Waals surface area contributed by atoms with E-state index in [4.69, 9.17) is 4.84 Å². The summed E-state index contributed by atoms with van der Waals surface area (Å²) in [6, 6.07) is 10.1. The molecule has 0 bridgehead atoms. The van der Waals surface area contributed by atoms with Gasteiger partial charge in [-0.3, -0.25) is 15.1 Å². The van der Waals surface area contributed by atoms with Crippen LogP contribution in [0.2, 0.25) is 0 Å². The smallest absolute Gasteiger partial charge is 0.226 e. The molecule has 25 heavy (non-hydrogen) atoms. The van der Waals surface area contributed by atoms with Crippen LogP contribution in [-0.2, 0) is 16.2 Å². The fourth-order valence-electron chi connectivity index (χ4n) is 3.24. The molecule has 5 heteroatoms. The third-order valence-electron chi connectivity index (χ3n) is 4.54. The van der Waals surface area contributed by atoms with Gasteiger partial charge in [-0.25, -0.2) is 0 Å². The van der Waals surface area contributed by atoms with Crippen molar-refractivity contribution in [2.24, 2.45) is 0 Å². The molecule has 3 rings (SSSR count). The van der Waals surface area contributed by atoms with Gasteiger partial charge in [0.1, 0.15) is 0 Å². The van der Waals surface area contributed by atoms with E-state index in [0.717, 1.165) is 50.2 Å². The lowest BCUT2D eigenvalue weighted by molar-refractivity contribution is -0.125. The Morgan fingerprint density at radius 3 is 2.84 bits per heavy atom. The second-order valence-corrected chi connectivity index (χ2v) is 6.79. The number of carbonyl (C=O) groups is 1. The number of carbonyl (C=O) groups excluding carboxylic acids is 1. The first-order chi connectivity index (χ1) is 12.2. The van der Waals surface area contributed by atoms with Gasteiger partial charge in [0, 0.05) is 38.7 Å². The van der Waals surface area contributed by atoms with Gasteiger partial charge in [0.25, 0.3) is 0 Å². The number of likely N-dealkylation sites (tertiary alicyclic amines) is 1. The van der Waals surface area contributed by atoms with Gasteiger partial charge in [0.15, 0.2) is 0 Å². The fraction of sp³-hybridized carbons (Fsp3) is 0.450. The highest BCUT2D eigenvalue weighted by Crippen LogP contribution is 2.18. The zero-order chi connectivity index (χ0) is 17.5. The van der Waals surface area contributed by atoms with Crippen LogP contribution in [-0.4, -0.2) is 42.4 Å². The summed E-state index contributed by atoms with van der Waals surface area (Å²) in [4.78, 5) is 21.8. The Kier molecular flexibility index (Phi) is 6.25. The van der Waals surface area contributed by atoms with Gasteiger partial charge in [0.2, 0.25) is 5.91 Å². The molecule has 1 N–H and O–H groups in total. The molecule has 2 aliphatic heterocycles. The Morgan fingerprint density at radius 2 is 2.12 bits per heavy atom. The van der Waals surface area contributed by atoms with E-state index >= 15 is 0 Å². The normalized spacial score (nSPS) is 19.2. The third-order valence-corrected chi connectivity index (χ3v) is 4.54. The summed E-state index contributed by atoms with van der Waals surface area (Å²) in [6.07, 6.45) is 7.66. The predicted octanol–water partition coefficient (Wildman–Crippen LogP) is 2.82. The number of hydrogen-bond donors (Lipinski definition) is 1. The summed E-state index contributed by atoms with van der Waals surface area (Å²) in [5.74, 6) is 0.192. The Hall–Kier alpha value is -2.11. The molecule has 1 saturated heterocycles. The summed E-state index contributed by atoms with van der Waals surface area (Å²) < 4.78 is 0. The van der Waals surface area contributed by atoms with Crippen molar-refractivity contribution in [3.63, 3.8) is 0 Å². The van der Waals surface area contributed by atoms with Crippen LogP contribution in [0.25, 0.3) is 0 Å². The lowest BCUT2D eigenvalue weighted by atomic mass is 10.1. The average molecular weight is 341 g/mol. The molecule has 0 atom stereocenters. The highest BCUT2D eigenvalue weighted by atomic mass is 16.6. The minimum atomic E-state index is 0.192. The molecule has 2 aliphatic rings. The fourth-order valence-corrected chi connectivity index (χ4v) is 3.24. The third kappa shape index (κ3) is 5.44. The van der Waals surface area contributed by atoms with Gasteiger partial charge in [-0.2, -0.15) is 0 Å². The first-order valence-corrected chi connectivity index (χ1v) is 8.99. The number of nitrogens with one attached hydrogen (secondary N) is 1. The zero-order valence-electron chi connectivity index (χ0n) is 14.9. The van der Waals surface area contributed by atoms with Crippen LogP contribution < -0.4 is 5.48 Å². The maximum absolute atomic E-state index is 11.9. The maximum Gasteiger partial charge on any atom is 0.226 e. The number of benzene rings is 1. The molecular formula is C20H27N3O2. The summed E-state index contributed by atoms with van der Waals surface area (Å²) in [5.41, 5.74) is 6.50. The minimum Gasteiger partial charge on any atom is -0.317 e. The monoisotopic (exact) mass is 341 g/mol. The molecule has 0 saturated carbocycles. The van der Waals surface area contributed by atoms with Crippen LogP contribution in [0.4, 0.5) is 0 Å². The van der Waals surface area contributed by atoms with Crippen LogP contribution in [0.3, 0.4) is 0 Å². The highest BCUT2D eigenvalue weighted by Gasteiger charge is 2.19. The van der Waals surface area contributed by atoms with E-state index in [2.05, 4.69) is 23.5 Å². The molecule has 0 aliphatic carbocycles. The molecule has 5 nitrogen and oxygen atoms in total. The molecule has 0 spiro atoms. The molecule has 1 amide bonds. The van der Waals surface area contributed by atoms with Crippen molar-refractivity contribution in [1.82, 2.24) is 15.3 Å². The van der Waals surface area contributed by atoms with Crippen molar-refractivity contribution >= 4 is 5.91 Å². The van der Waals surface area contributed by atoms with E-state index in [1.54, 1.807) is 4.90 Å². The zero-order valence-corrected chi connectivity index (χ0v) is 14.9. The van der Waals surface area contributed by atoms with Gasteiger partial charge in [0.05, 0.1) is 12.3 Å². The van der Waals surface area contributed by atoms with Crippen molar-refractivity contribution in [3.05, 3.63) is 59.4 Å². The van der Waals surface area contributed by atoms with E-state index < -0.39 is 0 Å². The lowest BCUT2D eigenvalue weighted by Gasteiger charge is -2.24. The minimum absolute atomic E-state index is 0.192. The lowest BCUT2D eigenvalue weighted by Crippen LogP contribution is -2.28. The van der Waals surface area contributed by atoms with Crippen LogP contribution in [0.5, 0.6) is 0 Å². The Labute approximate surface area is 149 Å². The van der Waals surface area contributed by atoms with E-state index in [1.165, 1.54) is 5.57 Å². The van der Waals surface area contributed by atoms with Crippen molar-refractivity contribution in [3.8, 4) is 0 Å². The SMILES string of the molecule is CN1CCC=C(CC(=CN2CCCC2=O)NOCc2ccccc2)C1. The summed E-state index contributed by atoms with van der Waals surface area (Å²) in [6.45, 7) is 3.35. The topological polar surface area (TPSA) is 44.8 Å². The van der Waals surface area contributed by atoms with Crippen molar-refractivity contribution < 1.29 is 9.63 Å². The number of hydrogen-bond acceptors (Lipinski definition) is 4. The van der Waals surface area contributed by atoms with Crippen LogP contribution in [0.1, 0.15) is 31.2 Å². The highest BCUT2D eigenvalue weighted by molar-refractivity contribution is 5.79. The largest absolute Gasteiger partial charge is 0.317 e. The van der Waals surface area contributed by atoms with Crippen molar-refractivity contribution in [2.45, 2.75) is 32.3 Å². The quantitative estimate of drug-likeness (QED) is 0.612. The van der Waals surface area contributed by atoms with Crippen LogP contribution in [0.15, 0.2) is 53.9 Å². The summed E-state index contributed by atoms with van der Waals surface area (Å²) in [5, 5.41) is 0. The Morgan fingerprint density at radius 1 is 1.28 bits per heavy atom. The number of nitrogens with zero attached hydrogens (tertiary/aromatic N) is 2. The van der Waals surface area contributed by atoms with E-state index in [1.807, 2.05) is 36.5 Å². The molecule has 2 heterocycles. The number of allylic oxidation sites excluding steroid dienone is 1. The van der Waals surface area contributed by atoms with Gasteiger partial charge in [-0.15, -0.1) is 0 Å². The van der Waals surface area contributed by atoms with Crippen molar-refractivity contribution in [2.75, 3.05) is 26.7 Å².